The number of hydrogen-bond donors (Lipinski definition) is 1. The number of rotatable bonds is 5. The fraction of sp³-hybridized carbons (Fsp3) is 1.00. The summed E-state index contributed by atoms with van der Waals surface area (Å²) in [6.07, 6.45) is 0. The topological polar surface area (TPSA) is 46.2 Å². The monoisotopic (exact) mass is 363 g/mol. The van der Waals surface area contributed by atoms with Crippen LogP contribution in [0, 0.1) is 5.41 Å². The standard InChI is InChI=1S/C9H19Br2NO2S/c1-8(2,3)7-15(13,14)12-9(4,5-10)6-11/h12H,5-7H2,1-4H3. The molecule has 92 valence electrons. The van der Waals surface area contributed by atoms with E-state index in [4.69, 9.17) is 0 Å². The second-order valence-electron chi connectivity index (χ2n) is 5.25. The van der Waals surface area contributed by atoms with Crippen LogP contribution in [0.15, 0.2) is 0 Å². The van der Waals surface area contributed by atoms with Gasteiger partial charge in [0.1, 0.15) is 0 Å². The Morgan fingerprint density at radius 3 is 1.73 bits per heavy atom. The Morgan fingerprint density at radius 1 is 1.07 bits per heavy atom. The molecule has 0 aliphatic carbocycles. The van der Waals surface area contributed by atoms with Gasteiger partial charge in [-0.15, -0.1) is 0 Å². The number of halogens is 2. The number of alkyl halides is 2. The molecule has 6 heteroatoms. The van der Waals surface area contributed by atoms with Crippen LogP contribution in [0.25, 0.3) is 0 Å². The number of nitrogens with one attached hydrogen (secondary N) is 1. The lowest BCUT2D eigenvalue weighted by atomic mass is 10.0. The van der Waals surface area contributed by atoms with Crippen molar-refractivity contribution in [2.75, 3.05) is 16.4 Å². The third-order valence-corrected chi connectivity index (χ3v) is 6.14. The molecule has 0 fully saturated rings. The van der Waals surface area contributed by atoms with E-state index in [9.17, 15) is 8.42 Å². The van der Waals surface area contributed by atoms with E-state index in [1.165, 1.54) is 0 Å². The van der Waals surface area contributed by atoms with Gasteiger partial charge in [-0.05, 0) is 12.3 Å². The van der Waals surface area contributed by atoms with Gasteiger partial charge >= 0.3 is 0 Å². The Bertz CT molecular complexity index is 292. The van der Waals surface area contributed by atoms with Crippen molar-refractivity contribution in [2.45, 2.75) is 33.2 Å². The van der Waals surface area contributed by atoms with Crippen molar-refractivity contribution in [3.05, 3.63) is 0 Å². The summed E-state index contributed by atoms with van der Waals surface area (Å²) in [4.78, 5) is 0. The minimum atomic E-state index is -3.23. The van der Waals surface area contributed by atoms with Crippen LogP contribution in [-0.4, -0.2) is 30.4 Å². The molecule has 3 nitrogen and oxygen atoms in total. The summed E-state index contributed by atoms with van der Waals surface area (Å²) in [5, 5.41) is 1.16. The first-order valence-electron chi connectivity index (χ1n) is 4.67. The summed E-state index contributed by atoms with van der Waals surface area (Å²) in [5.74, 6) is 0.135. The Kier molecular flexibility index (Phi) is 5.79. The largest absolute Gasteiger partial charge is 0.212 e. The second-order valence-corrected chi connectivity index (χ2v) is 8.09. The maximum atomic E-state index is 11.8. The van der Waals surface area contributed by atoms with Crippen LogP contribution in [-0.2, 0) is 10.0 Å². The van der Waals surface area contributed by atoms with Crippen LogP contribution in [0.3, 0.4) is 0 Å². The van der Waals surface area contributed by atoms with Crippen molar-refractivity contribution < 1.29 is 8.42 Å². The van der Waals surface area contributed by atoms with Crippen LogP contribution < -0.4 is 4.72 Å². The van der Waals surface area contributed by atoms with Crippen molar-refractivity contribution in [1.29, 1.82) is 0 Å². The molecule has 0 heterocycles. The predicted octanol–water partition coefficient (Wildman–Crippen LogP) is 2.50. The van der Waals surface area contributed by atoms with Crippen molar-refractivity contribution in [3.63, 3.8) is 0 Å². The van der Waals surface area contributed by atoms with E-state index in [1.54, 1.807) is 0 Å². The molecule has 0 amide bonds. The lowest BCUT2D eigenvalue weighted by Gasteiger charge is -2.28. The maximum absolute atomic E-state index is 11.8. The van der Waals surface area contributed by atoms with Gasteiger partial charge in [0.2, 0.25) is 10.0 Å². The average molecular weight is 365 g/mol. The van der Waals surface area contributed by atoms with E-state index in [0.29, 0.717) is 10.7 Å². The Labute approximate surface area is 110 Å². The molecule has 0 saturated heterocycles. The molecule has 0 aromatic carbocycles. The highest BCUT2D eigenvalue weighted by molar-refractivity contribution is 9.09. The SMILES string of the molecule is CC(C)(C)CS(=O)(=O)NC(C)(CBr)CBr. The molecule has 1 N–H and O–H groups in total. The molecule has 0 bridgehead atoms. The Balaban J connectivity index is 4.65. The van der Waals surface area contributed by atoms with Gasteiger partial charge in [-0.25, -0.2) is 13.1 Å². The summed E-state index contributed by atoms with van der Waals surface area (Å²) >= 11 is 6.62. The van der Waals surface area contributed by atoms with Crippen molar-refractivity contribution >= 4 is 41.9 Å². The average Bonchev–Trinajstić information content (AvgIpc) is 1.98. The van der Waals surface area contributed by atoms with Gasteiger partial charge in [0.15, 0.2) is 0 Å². The molecule has 15 heavy (non-hydrogen) atoms. The van der Waals surface area contributed by atoms with E-state index < -0.39 is 15.6 Å². The molecule has 0 saturated carbocycles. The molecule has 0 aromatic heterocycles. The van der Waals surface area contributed by atoms with Gasteiger partial charge in [0.25, 0.3) is 0 Å². The molecule has 0 aromatic rings. The van der Waals surface area contributed by atoms with Gasteiger partial charge in [0.05, 0.1) is 5.75 Å². The Hall–Kier alpha value is 0.870. The van der Waals surface area contributed by atoms with Crippen molar-refractivity contribution in [2.24, 2.45) is 5.41 Å². The lowest BCUT2D eigenvalue weighted by Crippen LogP contribution is -2.50. The van der Waals surface area contributed by atoms with E-state index in [0.717, 1.165) is 0 Å². The van der Waals surface area contributed by atoms with Crippen LogP contribution in [0.4, 0.5) is 0 Å². The molecule has 0 spiro atoms. The van der Waals surface area contributed by atoms with Gasteiger partial charge < -0.3 is 0 Å². The van der Waals surface area contributed by atoms with Gasteiger partial charge in [0, 0.05) is 16.2 Å². The van der Waals surface area contributed by atoms with E-state index >= 15 is 0 Å². The smallest absolute Gasteiger partial charge is 0.212 e. The third kappa shape index (κ3) is 6.92. The Morgan fingerprint density at radius 2 is 1.47 bits per heavy atom. The van der Waals surface area contributed by atoms with Crippen LogP contribution >= 0.6 is 31.9 Å². The van der Waals surface area contributed by atoms with Crippen molar-refractivity contribution in [1.82, 2.24) is 4.72 Å². The molecular weight excluding hydrogens is 346 g/mol. The van der Waals surface area contributed by atoms with Crippen LogP contribution in [0.2, 0.25) is 0 Å². The normalized spacial score (nSPS) is 14.3. The molecule has 0 radical (unpaired) electrons. The second kappa shape index (κ2) is 5.47. The quantitative estimate of drug-likeness (QED) is 0.762. The fourth-order valence-electron chi connectivity index (χ4n) is 1.07. The number of sulfonamides is 1. The zero-order valence-corrected chi connectivity index (χ0v) is 13.6. The van der Waals surface area contributed by atoms with Crippen LogP contribution in [0.1, 0.15) is 27.7 Å². The first kappa shape index (κ1) is 15.9. The zero-order valence-electron chi connectivity index (χ0n) is 9.60. The highest BCUT2D eigenvalue weighted by Crippen LogP contribution is 2.19. The third-order valence-electron chi connectivity index (χ3n) is 1.61. The summed E-state index contributed by atoms with van der Waals surface area (Å²) < 4.78 is 26.4. The molecule has 0 aliphatic heterocycles. The summed E-state index contributed by atoms with van der Waals surface area (Å²) in [7, 11) is -3.23. The summed E-state index contributed by atoms with van der Waals surface area (Å²) in [5.41, 5.74) is -0.699. The van der Waals surface area contributed by atoms with E-state index in [2.05, 4.69) is 36.6 Å². The van der Waals surface area contributed by atoms with Gasteiger partial charge in [-0.3, -0.25) is 0 Å². The van der Waals surface area contributed by atoms with Gasteiger partial charge in [-0.2, -0.15) is 0 Å². The molecule has 0 aliphatic rings. The van der Waals surface area contributed by atoms with Gasteiger partial charge in [-0.1, -0.05) is 52.6 Å². The van der Waals surface area contributed by atoms with E-state index in [1.807, 2.05) is 27.7 Å². The summed E-state index contributed by atoms with van der Waals surface area (Å²) in [6, 6.07) is 0. The molecule has 0 unspecified atom stereocenters. The minimum absolute atomic E-state index is 0.135. The van der Waals surface area contributed by atoms with Crippen molar-refractivity contribution in [3.8, 4) is 0 Å². The zero-order chi connectivity index (χ0) is 12.3. The van der Waals surface area contributed by atoms with E-state index in [-0.39, 0.29) is 11.2 Å². The lowest BCUT2D eigenvalue weighted by molar-refractivity contribution is 0.445. The molecule has 0 atom stereocenters. The minimum Gasteiger partial charge on any atom is -0.212 e. The number of hydrogen-bond acceptors (Lipinski definition) is 2. The maximum Gasteiger partial charge on any atom is 0.212 e. The molecule has 0 rings (SSSR count). The molecular formula is C9H19Br2NO2S. The highest BCUT2D eigenvalue weighted by atomic mass is 79.9. The highest BCUT2D eigenvalue weighted by Gasteiger charge is 2.30. The first-order valence-corrected chi connectivity index (χ1v) is 8.57. The fourth-order valence-corrected chi connectivity index (χ4v) is 4.76. The predicted molar refractivity (Wildman–Crippen MR) is 72.4 cm³/mol. The first-order chi connectivity index (χ1) is 6.54. The van der Waals surface area contributed by atoms with Crippen LogP contribution in [0.5, 0.6) is 0 Å². The summed E-state index contributed by atoms with van der Waals surface area (Å²) in [6.45, 7) is 7.58.